The largest absolute Gasteiger partial charge is 0.497 e. The molecule has 5 heteroatoms. The summed E-state index contributed by atoms with van der Waals surface area (Å²) in [5, 5.41) is 0. The zero-order valence-corrected chi connectivity index (χ0v) is 17.2. The van der Waals surface area contributed by atoms with Crippen molar-refractivity contribution < 1.29 is 14.3 Å². The molecule has 154 valence electrons. The summed E-state index contributed by atoms with van der Waals surface area (Å²) in [4.78, 5) is 17.6. The van der Waals surface area contributed by atoms with Crippen LogP contribution in [-0.2, 0) is 6.61 Å². The first kappa shape index (κ1) is 19.8. The Labute approximate surface area is 173 Å². The van der Waals surface area contributed by atoms with Crippen molar-refractivity contribution in [2.24, 2.45) is 0 Å². The predicted octanol–water partition coefficient (Wildman–Crippen LogP) is 3.97. The minimum Gasteiger partial charge on any atom is -0.497 e. The highest BCUT2D eigenvalue weighted by Crippen LogP contribution is 2.24. The van der Waals surface area contributed by atoms with Gasteiger partial charge in [0.15, 0.2) is 0 Å². The van der Waals surface area contributed by atoms with Crippen LogP contribution in [0.15, 0.2) is 48.5 Å². The number of carbonyl (C=O) groups excluding carboxylic acids is 1. The number of hydrogen-bond acceptors (Lipinski definition) is 4. The monoisotopic (exact) mass is 394 g/mol. The molecule has 0 spiro atoms. The molecule has 5 nitrogen and oxygen atoms in total. The smallest absolute Gasteiger partial charge is 0.254 e. The fourth-order valence-corrected chi connectivity index (χ4v) is 4.34. The van der Waals surface area contributed by atoms with Gasteiger partial charge in [-0.25, -0.2) is 0 Å². The zero-order valence-electron chi connectivity index (χ0n) is 17.2. The molecule has 0 saturated carbocycles. The Morgan fingerprint density at radius 1 is 1.00 bits per heavy atom. The summed E-state index contributed by atoms with van der Waals surface area (Å²) in [5.74, 6) is 1.73. The quantitative estimate of drug-likeness (QED) is 0.713. The van der Waals surface area contributed by atoms with Crippen LogP contribution in [0.2, 0.25) is 0 Å². The Hall–Kier alpha value is -2.53. The Morgan fingerprint density at radius 3 is 2.55 bits per heavy atom. The van der Waals surface area contributed by atoms with Crippen molar-refractivity contribution in [3.8, 4) is 11.5 Å². The van der Waals surface area contributed by atoms with Gasteiger partial charge in [-0.1, -0.05) is 12.1 Å². The molecule has 0 bridgehead atoms. The van der Waals surface area contributed by atoms with E-state index in [4.69, 9.17) is 9.47 Å². The topological polar surface area (TPSA) is 42.0 Å². The number of ether oxygens (including phenoxy) is 2. The molecule has 1 unspecified atom stereocenters. The molecule has 29 heavy (non-hydrogen) atoms. The van der Waals surface area contributed by atoms with Gasteiger partial charge in [0.1, 0.15) is 18.1 Å². The molecule has 2 aliphatic rings. The Kier molecular flexibility index (Phi) is 6.35. The fraction of sp³-hybridized carbons (Fsp3) is 0.458. The maximum absolute atomic E-state index is 13.0. The standard InChI is InChI=1S/C24H30N2O3/c1-28-23-8-4-6-19(16-23)18-29-22-11-9-20(10-12-22)24(27)26-15-5-7-21(26)17-25-13-2-3-14-25/h4,6,8-12,16,21H,2-3,5,7,13-15,17-18H2,1H3. The highest BCUT2D eigenvalue weighted by molar-refractivity contribution is 5.94. The molecule has 2 heterocycles. The van der Waals surface area contributed by atoms with Crippen molar-refractivity contribution in [1.29, 1.82) is 0 Å². The first-order valence-corrected chi connectivity index (χ1v) is 10.6. The van der Waals surface area contributed by atoms with Crippen molar-refractivity contribution in [2.75, 3.05) is 33.3 Å². The summed E-state index contributed by atoms with van der Waals surface area (Å²) < 4.78 is 11.1. The van der Waals surface area contributed by atoms with Crippen LogP contribution in [0.3, 0.4) is 0 Å². The number of amides is 1. The number of methoxy groups -OCH3 is 1. The summed E-state index contributed by atoms with van der Waals surface area (Å²) in [5.41, 5.74) is 1.79. The van der Waals surface area contributed by atoms with Gasteiger partial charge in [-0.3, -0.25) is 4.79 Å². The molecule has 2 aliphatic heterocycles. The second-order valence-electron chi connectivity index (χ2n) is 7.97. The molecule has 2 fully saturated rings. The van der Waals surface area contributed by atoms with E-state index in [1.165, 1.54) is 25.9 Å². The maximum Gasteiger partial charge on any atom is 0.254 e. The lowest BCUT2D eigenvalue weighted by Gasteiger charge is -2.28. The van der Waals surface area contributed by atoms with Gasteiger partial charge in [-0.2, -0.15) is 0 Å². The van der Waals surface area contributed by atoms with E-state index in [9.17, 15) is 4.79 Å². The molecule has 0 radical (unpaired) electrons. The van der Waals surface area contributed by atoms with Crippen LogP contribution in [0.4, 0.5) is 0 Å². The maximum atomic E-state index is 13.0. The van der Waals surface area contributed by atoms with Gasteiger partial charge in [0.2, 0.25) is 0 Å². The molecule has 0 N–H and O–H groups in total. The third kappa shape index (κ3) is 4.91. The molecular formula is C24H30N2O3. The lowest BCUT2D eigenvalue weighted by Crippen LogP contribution is -2.42. The number of carbonyl (C=O) groups is 1. The van der Waals surface area contributed by atoms with E-state index >= 15 is 0 Å². The molecule has 0 aromatic heterocycles. The van der Waals surface area contributed by atoms with Gasteiger partial charge in [0.25, 0.3) is 5.91 Å². The highest BCUT2D eigenvalue weighted by atomic mass is 16.5. The molecule has 2 aromatic carbocycles. The number of hydrogen-bond donors (Lipinski definition) is 0. The average molecular weight is 395 g/mol. The van der Waals surface area contributed by atoms with E-state index in [0.29, 0.717) is 12.6 Å². The molecule has 2 aromatic rings. The van der Waals surface area contributed by atoms with Crippen molar-refractivity contribution in [2.45, 2.75) is 38.3 Å². The Morgan fingerprint density at radius 2 is 1.79 bits per heavy atom. The van der Waals surface area contributed by atoms with Gasteiger partial charge >= 0.3 is 0 Å². The van der Waals surface area contributed by atoms with E-state index in [2.05, 4.69) is 9.80 Å². The summed E-state index contributed by atoms with van der Waals surface area (Å²) in [7, 11) is 1.66. The molecule has 0 aliphatic carbocycles. The van der Waals surface area contributed by atoms with Gasteiger partial charge in [-0.15, -0.1) is 0 Å². The number of benzene rings is 2. The van der Waals surface area contributed by atoms with Crippen LogP contribution in [0.1, 0.15) is 41.6 Å². The van der Waals surface area contributed by atoms with Gasteiger partial charge in [-0.05, 0) is 80.7 Å². The summed E-state index contributed by atoms with van der Waals surface area (Å²) in [6.07, 6.45) is 4.80. The average Bonchev–Trinajstić information content (AvgIpc) is 3.45. The minimum absolute atomic E-state index is 0.144. The number of rotatable bonds is 7. The van der Waals surface area contributed by atoms with Crippen LogP contribution < -0.4 is 9.47 Å². The third-order valence-corrected chi connectivity index (χ3v) is 5.95. The minimum atomic E-state index is 0.144. The summed E-state index contributed by atoms with van der Waals surface area (Å²) >= 11 is 0. The van der Waals surface area contributed by atoms with Crippen LogP contribution in [-0.4, -0.2) is 55.0 Å². The first-order valence-electron chi connectivity index (χ1n) is 10.6. The van der Waals surface area contributed by atoms with E-state index in [-0.39, 0.29) is 5.91 Å². The van der Waals surface area contributed by atoms with E-state index in [1.807, 2.05) is 48.5 Å². The summed E-state index contributed by atoms with van der Waals surface area (Å²) in [6.45, 7) is 4.71. The summed E-state index contributed by atoms with van der Waals surface area (Å²) in [6, 6.07) is 15.7. The molecule has 4 rings (SSSR count). The normalized spacial score (nSPS) is 19.5. The van der Waals surface area contributed by atoms with E-state index in [1.54, 1.807) is 7.11 Å². The van der Waals surface area contributed by atoms with E-state index < -0.39 is 0 Å². The first-order chi connectivity index (χ1) is 14.2. The van der Waals surface area contributed by atoms with Crippen LogP contribution in [0, 0.1) is 0 Å². The Balaban J connectivity index is 1.34. The van der Waals surface area contributed by atoms with Crippen LogP contribution >= 0.6 is 0 Å². The zero-order chi connectivity index (χ0) is 20.1. The predicted molar refractivity (Wildman–Crippen MR) is 114 cm³/mol. The van der Waals surface area contributed by atoms with Gasteiger partial charge in [0, 0.05) is 24.7 Å². The number of likely N-dealkylation sites (tertiary alicyclic amines) is 2. The van der Waals surface area contributed by atoms with Crippen molar-refractivity contribution in [1.82, 2.24) is 9.80 Å². The van der Waals surface area contributed by atoms with Crippen LogP contribution in [0.5, 0.6) is 11.5 Å². The Bertz CT molecular complexity index is 815. The SMILES string of the molecule is COc1cccc(COc2ccc(C(=O)N3CCCC3CN3CCCC3)cc2)c1. The van der Waals surface area contributed by atoms with Crippen molar-refractivity contribution in [3.05, 3.63) is 59.7 Å². The van der Waals surface area contributed by atoms with Crippen LogP contribution in [0.25, 0.3) is 0 Å². The second-order valence-corrected chi connectivity index (χ2v) is 7.97. The van der Waals surface area contributed by atoms with E-state index in [0.717, 1.165) is 48.6 Å². The lowest BCUT2D eigenvalue weighted by molar-refractivity contribution is 0.0708. The van der Waals surface area contributed by atoms with Crippen molar-refractivity contribution >= 4 is 5.91 Å². The van der Waals surface area contributed by atoms with Crippen molar-refractivity contribution in [3.63, 3.8) is 0 Å². The highest BCUT2D eigenvalue weighted by Gasteiger charge is 2.31. The molecule has 1 amide bonds. The van der Waals surface area contributed by atoms with Gasteiger partial charge < -0.3 is 19.3 Å². The lowest BCUT2D eigenvalue weighted by atomic mass is 10.1. The third-order valence-electron chi connectivity index (χ3n) is 5.95. The van der Waals surface area contributed by atoms with Gasteiger partial charge in [0.05, 0.1) is 7.11 Å². The fourth-order valence-electron chi connectivity index (χ4n) is 4.34. The molecular weight excluding hydrogens is 364 g/mol. The second kappa shape index (κ2) is 9.31. The molecule has 1 atom stereocenters. The molecule has 2 saturated heterocycles. The number of nitrogens with zero attached hydrogens (tertiary/aromatic N) is 2.